The Morgan fingerprint density at radius 3 is 2.39 bits per heavy atom. The lowest BCUT2D eigenvalue weighted by atomic mass is 9.92. The molecule has 1 aromatic rings. The fraction of sp³-hybridized carbons (Fsp3) is 0.636. The van der Waals surface area contributed by atoms with Crippen LogP contribution in [0.15, 0.2) is 18.2 Å². The van der Waals surface area contributed by atoms with Crippen LogP contribution in [0, 0.1) is 0 Å². The van der Waals surface area contributed by atoms with Gasteiger partial charge in [0.25, 0.3) is 5.91 Å². The molecule has 1 amide bonds. The molecule has 0 aliphatic carbocycles. The van der Waals surface area contributed by atoms with Crippen LogP contribution >= 0.6 is 21.6 Å². The first-order chi connectivity index (χ1) is 13.4. The maximum Gasteiger partial charge on any atom is 0.306 e. The molecular formula is C22H33NO3S2. The van der Waals surface area contributed by atoms with E-state index in [0.29, 0.717) is 18.3 Å². The van der Waals surface area contributed by atoms with Crippen LogP contribution in [0.1, 0.15) is 82.8 Å². The lowest BCUT2D eigenvalue weighted by Crippen LogP contribution is -2.22. The van der Waals surface area contributed by atoms with Gasteiger partial charge in [0.1, 0.15) is 0 Å². The fourth-order valence-electron chi connectivity index (χ4n) is 3.29. The first-order valence-corrected chi connectivity index (χ1v) is 12.6. The summed E-state index contributed by atoms with van der Waals surface area (Å²) in [6, 6.07) is 6.11. The largest absolute Gasteiger partial charge is 0.456 e. The molecule has 1 heterocycles. The number of esters is 1. The minimum atomic E-state index is -0.287. The minimum absolute atomic E-state index is 0.224. The summed E-state index contributed by atoms with van der Waals surface area (Å²) in [5.41, 5.74) is 3.07. The Morgan fingerprint density at radius 2 is 1.82 bits per heavy atom. The predicted octanol–water partition coefficient (Wildman–Crippen LogP) is 6.13. The summed E-state index contributed by atoms with van der Waals surface area (Å²) in [7, 11) is 3.91. The molecule has 1 fully saturated rings. The lowest BCUT2D eigenvalue weighted by Gasteiger charge is -2.20. The second-order valence-corrected chi connectivity index (χ2v) is 10.7. The van der Waals surface area contributed by atoms with Crippen LogP contribution < -0.4 is 5.32 Å². The molecule has 6 heteroatoms. The Balaban J connectivity index is 1.78. The number of rotatable bonds is 10. The highest BCUT2D eigenvalue weighted by molar-refractivity contribution is 8.77. The number of ether oxygens (including phenoxy) is 1. The number of hydrogen-bond acceptors (Lipinski definition) is 5. The molecule has 1 aliphatic rings. The molecule has 1 aliphatic heterocycles. The maximum atomic E-state index is 12.4. The van der Waals surface area contributed by atoms with E-state index in [1.807, 2.05) is 39.8 Å². The molecule has 0 bridgehead atoms. The summed E-state index contributed by atoms with van der Waals surface area (Å²) >= 11 is 0. The van der Waals surface area contributed by atoms with Crippen molar-refractivity contribution in [1.82, 2.24) is 0 Å². The van der Waals surface area contributed by atoms with E-state index in [1.54, 1.807) is 0 Å². The van der Waals surface area contributed by atoms with Crippen LogP contribution in [0.25, 0.3) is 0 Å². The summed E-state index contributed by atoms with van der Waals surface area (Å²) in [4.78, 5) is 24.3. The van der Waals surface area contributed by atoms with Gasteiger partial charge in [-0.25, -0.2) is 0 Å². The van der Waals surface area contributed by atoms with Gasteiger partial charge < -0.3 is 10.1 Å². The van der Waals surface area contributed by atoms with E-state index in [9.17, 15) is 9.59 Å². The predicted molar refractivity (Wildman–Crippen MR) is 121 cm³/mol. The molecule has 0 aromatic heterocycles. The van der Waals surface area contributed by atoms with Crippen molar-refractivity contribution in [2.24, 2.45) is 0 Å². The molecule has 2 rings (SSSR count). The van der Waals surface area contributed by atoms with Gasteiger partial charge in [0.15, 0.2) is 6.61 Å². The third-order valence-corrected chi connectivity index (χ3v) is 7.89. The first-order valence-electron chi connectivity index (χ1n) is 10.2. The topological polar surface area (TPSA) is 55.4 Å². The van der Waals surface area contributed by atoms with Gasteiger partial charge in [0.2, 0.25) is 0 Å². The molecule has 1 aromatic carbocycles. The van der Waals surface area contributed by atoms with Crippen molar-refractivity contribution in [2.45, 2.75) is 76.9 Å². The van der Waals surface area contributed by atoms with Crippen molar-refractivity contribution in [3.05, 3.63) is 29.3 Å². The highest BCUT2D eigenvalue weighted by Gasteiger charge is 2.18. The Morgan fingerprint density at radius 1 is 1.14 bits per heavy atom. The molecule has 0 radical (unpaired) electrons. The molecular weight excluding hydrogens is 390 g/mol. The Hall–Kier alpha value is -1.14. The van der Waals surface area contributed by atoms with E-state index >= 15 is 0 Å². The summed E-state index contributed by atoms with van der Waals surface area (Å²) in [5.74, 6) is 1.28. The fourth-order valence-corrected chi connectivity index (χ4v) is 6.32. The van der Waals surface area contributed by atoms with Crippen molar-refractivity contribution in [3.63, 3.8) is 0 Å². The highest BCUT2D eigenvalue weighted by atomic mass is 33.1. The van der Waals surface area contributed by atoms with E-state index in [0.717, 1.165) is 41.3 Å². The second kappa shape index (κ2) is 11.8. The summed E-state index contributed by atoms with van der Waals surface area (Å²) in [6.45, 7) is 8.21. The third-order valence-electron chi connectivity index (χ3n) is 4.89. The van der Waals surface area contributed by atoms with Crippen molar-refractivity contribution in [1.29, 1.82) is 0 Å². The third kappa shape index (κ3) is 7.36. The average molecular weight is 424 g/mol. The van der Waals surface area contributed by atoms with Crippen molar-refractivity contribution in [3.8, 4) is 0 Å². The number of anilines is 1. The molecule has 28 heavy (non-hydrogen) atoms. The van der Waals surface area contributed by atoms with E-state index in [-0.39, 0.29) is 18.5 Å². The normalized spacial score (nSPS) is 16.6. The zero-order valence-electron chi connectivity index (χ0n) is 17.5. The van der Waals surface area contributed by atoms with Gasteiger partial charge in [-0.15, -0.1) is 0 Å². The highest BCUT2D eigenvalue weighted by Crippen LogP contribution is 2.39. The van der Waals surface area contributed by atoms with Gasteiger partial charge in [-0.2, -0.15) is 0 Å². The van der Waals surface area contributed by atoms with E-state index in [1.165, 1.54) is 12.2 Å². The summed E-state index contributed by atoms with van der Waals surface area (Å²) in [6.07, 6.45) is 4.69. The van der Waals surface area contributed by atoms with Gasteiger partial charge in [-0.3, -0.25) is 9.59 Å². The number of unbranched alkanes of at least 4 members (excludes halogenated alkanes) is 1. The van der Waals surface area contributed by atoms with Crippen LogP contribution in [0.5, 0.6) is 0 Å². The number of hydrogen-bond donors (Lipinski definition) is 1. The van der Waals surface area contributed by atoms with Gasteiger partial charge in [0.05, 0.1) is 0 Å². The summed E-state index contributed by atoms with van der Waals surface area (Å²) < 4.78 is 5.19. The number of carbonyl (C=O) groups is 2. The van der Waals surface area contributed by atoms with Crippen LogP contribution in [0.3, 0.4) is 0 Å². The summed E-state index contributed by atoms with van der Waals surface area (Å²) in [5, 5.41) is 3.72. The standard InChI is InChI=1S/C22H33NO3S2/c1-15(2)18-9-7-10-19(16(3)4)22(18)23-20(24)14-26-21(25)11-6-5-8-17-12-13-27-28-17/h7,9-10,15-17H,5-6,8,11-14H2,1-4H3,(H,23,24)/t17-/m1/s1. The zero-order valence-corrected chi connectivity index (χ0v) is 19.1. The van der Waals surface area contributed by atoms with Crippen molar-refractivity contribution in [2.75, 3.05) is 17.7 Å². The van der Waals surface area contributed by atoms with E-state index in [4.69, 9.17) is 4.74 Å². The molecule has 0 spiro atoms. The van der Waals surface area contributed by atoms with Crippen molar-refractivity contribution >= 4 is 39.2 Å². The zero-order chi connectivity index (χ0) is 20.5. The molecule has 0 unspecified atom stereocenters. The molecule has 0 saturated carbocycles. The van der Waals surface area contributed by atoms with Gasteiger partial charge in [-0.1, -0.05) is 73.9 Å². The molecule has 1 saturated heterocycles. The smallest absolute Gasteiger partial charge is 0.306 e. The van der Waals surface area contributed by atoms with Crippen molar-refractivity contribution < 1.29 is 14.3 Å². The second-order valence-electron chi connectivity index (χ2n) is 7.90. The van der Waals surface area contributed by atoms with Crippen LogP contribution in [0.2, 0.25) is 0 Å². The number of carbonyl (C=O) groups excluding carboxylic acids is 2. The van der Waals surface area contributed by atoms with Crippen LogP contribution in [-0.4, -0.2) is 29.5 Å². The number of benzene rings is 1. The number of amides is 1. The quantitative estimate of drug-likeness (QED) is 0.279. The SMILES string of the molecule is CC(C)c1cccc(C(C)C)c1NC(=O)COC(=O)CCCC[C@@H]1CCSS1. The van der Waals surface area contributed by atoms with Crippen LogP contribution in [0.4, 0.5) is 5.69 Å². The Bertz CT molecular complexity index is 629. The maximum absolute atomic E-state index is 12.4. The minimum Gasteiger partial charge on any atom is -0.456 e. The molecule has 4 nitrogen and oxygen atoms in total. The first kappa shape index (κ1) is 23.1. The van der Waals surface area contributed by atoms with E-state index < -0.39 is 0 Å². The lowest BCUT2D eigenvalue weighted by molar-refractivity contribution is -0.147. The monoisotopic (exact) mass is 423 g/mol. The number of nitrogens with one attached hydrogen (secondary N) is 1. The molecule has 1 N–H and O–H groups in total. The van der Waals surface area contributed by atoms with Crippen LogP contribution in [-0.2, 0) is 14.3 Å². The van der Waals surface area contributed by atoms with Gasteiger partial charge in [-0.05, 0) is 42.2 Å². The Labute approximate surface area is 177 Å². The Kier molecular flexibility index (Phi) is 9.72. The van der Waals surface area contributed by atoms with Gasteiger partial charge in [0, 0.05) is 23.1 Å². The van der Waals surface area contributed by atoms with Gasteiger partial charge >= 0.3 is 5.97 Å². The van der Waals surface area contributed by atoms with E-state index in [2.05, 4.69) is 33.0 Å². The molecule has 156 valence electrons. The number of para-hydroxylation sites is 1. The average Bonchev–Trinajstić information content (AvgIpc) is 3.17. The molecule has 1 atom stereocenters.